The van der Waals surface area contributed by atoms with Crippen LogP contribution in [0.15, 0.2) is 0 Å². The molecule has 4 nitrogen and oxygen atoms in total. The van der Waals surface area contributed by atoms with Crippen LogP contribution in [0.2, 0.25) is 0 Å². The molecule has 0 spiro atoms. The van der Waals surface area contributed by atoms with Crippen molar-refractivity contribution >= 4 is 10.1 Å². The summed E-state index contributed by atoms with van der Waals surface area (Å²) >= 11 is 0. The van der Waals surface area contributed by atoms with E-state index in [1.165, 1.54) is 0 Å². The van der Waals surface area contributed by atoms with E-state index < -0.39 is 10.1 Å². The van der Waals surface area contributed by atoms with Gasteiger partial charge in [0.2, 0.25) is 0 Å². The molecule has 0 radical (unpaired) electrons. The van der Waals surface area contributed by atoms with E-state index in [9.17, 15) is 8.42 Å². The van der Waals surface area contributed by atoms with Crippen LogP contribution in [0.25, 0.3) is 0 Å². The SMILES string of the molecule is CC(C)N1CC(OS(C)(=O)=O)C1C. The van der Waals surface area contributed by atoms with Crippen LogP contribution in [-0.4, -0.2) is 44.3 Å². The minimum absolute atomic E-state index is 0.155. The molecule has 1 saturated heterocycles. The molecule has 0 amide bonds. The van der Waals surface area contributed by atoms with E-state index in [0.717, 1.165) is 6.26 Å². The van der Waals surface area contributed by atoms with Crippen LogP contribution in [0.1, 0.15) is 20.8 Å². The third-order valence-electron chi connectivity index (χ3n) is 2.41. The van der Waals surface area contributed by atoms with Crippen LogP contribution in [-0.2, 0) is 14.3 Å². The molecule has 5 heteroatoms. The Balaban J connectivity index is 2.45. The molecular weight excluding hydrogens is 190 g/mol. The Bertz CT molecular complexity index is 273. The molecule has 1 aliphatic heterocycles. The molecule has 1 rings (SSSR count). The predicted octanol–water partition coefficient (Wildman–Crippen LogP) is 0.444. The first kappa shape index (κ1) is 10.9. The van der Waals surface area contributed by atoms with Gasteiger partial charge in [-0.1, -0.05) is 0 Å². The van der Waals surface area contributed by atoms with E-state index >= 15 is 0 Å². The summed E-state index contributed by atoms with van der Waals surface area (Å²) < 4.78 is 26.5. The van der Waals surface area contributed by atoms with Crippen LogP contribution < -0.4 is 0 Å². The van der Waals surface area contributed by atoms with Crippen molar-refractivity contribution in [3.8, 4) is 0 Å². The zero-order valence-corrected chi connectivity index (χ0v) is 9.34. The fourth-order valence-corrected chi connectivity index (χ4v) is 2.29. The molecular formula is C8H17NO3S. The van der Waals surface area contributed by atoms with Gasteiger partial charge in [0.1, 0.15) is 6.10 Å². The number of likely N-dealkylation sites (tertiary alicyclic amines) is 1. The van der Waals surface area contributed by atoms with E-state index in [1.54, 1.807) is 0 Å². The lowest BCUT2D eigenvalue weighted by Gasteiger charge is -2.47. The molecule has 2 atom stereocenters. The monoisotopic (exact) mass is 207 g/mol. The van der Waals surface area contributed by atoms with Crippen molar-refractivity contribution in [1.29, 1.82) is 0 Å². The fourth-order valence-electron chi connectivity index (χ4n) is 1.62. The van der Waals surface area contributed by atoms with E-state index in [4.69, 9.17) is 4.18 Å². The van der Waals surface area contributed by atoms with Crippen LogP contribution in [0.4, 0.5) is 0 Å². The van der Waals surface area contributed by atoms with Gasteiger partial charge in [0.25, 0.3) is 10.1 Å². The summed E-state index contributed by atoms with van der Waals surface area (Å²) in [5, 5.41) is 0. The van der Waals surface area contributed by atoms with E-state index in [0.29, 0.717) is 12.6 Å². The summed E-state index contributed by atoms with van der Waals surface area (Å²) in [4.78, 5) is 2.20. The second-order valence-electron chi connectivity index (χ2n) is 3.87. The summed E-state index contributed by atoms with van der Waals surface area (Å²) in [6.07, 6.45) is 0.940. The largest absolute Gasteiger partial charge is 0.293 e. The summed E-state index contributed by atoms with van der Waals surface area (Å²) in [5.41, 5.74) is 0. The molecule has 1 fully saturated rings. The zero-order valence-electron chi connectivity index (χ0n) is 8.52. The Kier molecular flexibility index (Phi) is 2.99. The fraction of sp³-hybridized carbons (Fsp3) is 1.00. The lowest BCUT2D eigenvalue weighted by molar-refractivity contribution is -0.0507. The van der Waals surface area contributed by atoms with E-state index in [1.807, 2.05) is 6.92 Å². The van der Waals surface area contributed by atoms with Gasteiger partial charge in [0, 0.05) is 18.6 Å². The van der Waals surface area contributed by atoms with Crippen molar-refractivity contribution in [2.24, 2.45) is 0 Å². The van der Waals surface area contributed by atoms with E-state index in [2.05, 4.69) is 18.7 Å². The van der Waals surface area contributed by atoms with Crippen molar-refractivity contribution < 1.29 is 12.6 Å². The average Bonchev–Trinajstić information content (AvgIpc) is 1.94. The number of rotatable bonds is 3. The van der Waals surface area contributed by atoms with Gasteiger partial charge < -0.3 is 0 Å². The molecule has 0 aliphatic carbocycles. The second-order valence-corrected chi connectivity index (χ2v) is 5.47. The molecule has 0 bridgehead atoms. The first-order valence-corrected chi connectivity index (χ1v) is 6.27. The molecule has 0 aromatic carbocycles. The lowest BCUT2D eigenvalue weighted by atomic mass is 9.99. The van der Waals surface area contributed by atoms with Gasteiger partial charge in [0.15, 0.2) is 0 Å². The Hall–Kier alpha value is -0.130. The third kappa shape index (κ3) is 2.65. The van der Waals surface area contributed by atoms with Gasteiger partial charge in [-0.05, 0) is 20.8 Å². The maximum atomic E-state index is 10.8. The van der Waals surface area contributed by atoms with Gasteiger partial charge in [-0.25, -0.2) is 0 Å². The minimum atomic E-state index is -3.29. The highest BCUT2D eigenvalue weighted by molar-refractivity contribution is 7.86. The van der Waals surface area contributed by atoms with Gasteiger partial charge in [-0.2, -0.15) is 8.42 Å². The average molecular weight is 207 g/mol. The molecule has 1 aliphatic rings. The van der Waals surface area contributed by atoms with Gasteiger partial charge in [-0.3, -0.25) is 9.08 Å². The van der Waals surface area contributed by atoms with Crippen LogP contribution in [0, 0.1) is 0 Å². The number of hydrogen-bond acceptors (Lipinski definition) is 4. The first-order valence-electron chi connectivity index (χ1n) is 4.45. The summed E-state index contributed by atoms with van der Waals surface area (Å²) in [5.74, 6) is 0. The Morgan fingerprint density at radius 2 is 2.00 bits per heavy atom. The highest BCUT2D eigenvalue weighted by Gasteiger charge is 2.39. The maximum Gasteiger partial charge on any atom is 0.264 e. The molecule has 13 heavy (non-hydrogen) atoms. The molecule has 0 saturated carbocycles. The quantitative estimate of drug-likeness (QED) is 0.630. The van der Waals surface area contributed by atoms with Crippen molar-refractivity contribution in [1.82, 2.24) is 4.90 Å². The second kappa shape index (κ2) is 3.55. The summed E-state index contributed by atoms with van der Waals surface area (Å²) in [6, 6.07) is 0.657. The highest BCUT2D eigenvalue weighted by Crippen LogP contribution is 2.24. The summed E-state index contributed by atoms with van der Waals surface area (Å²) in [6.45, 7) is 6.88. The normalized spacial score (nSPS) is 30.5. The highest BCUT2D eigenvalue weighted by atomic mass is 32.2. The predicted molar refractivity (Wildman–Crippen MR) is 51.0 cm³/mol. The Morgan fingerprint density at radius 1 is 1.46 bits per heavy atom. The maximum absolute atomic E-state index is 10.8. The third-order valence-corrected chi connectivity index (χ3v) is 3.01. The van der Waals surface area contributed by atoms with Crippen molar-refractivity contribution in [3.63, 3.8) is 0 Å². The van der Waals surface area contributed by atoms with Crippen molar-refractivity contribution in [3.05, 3.63) is 0 Å². The van der Waals surface area contributed by atoms with Crippen LogP contribution in [0.5, 0.6) is 0 Å². The summed E-state index contributed by atoms with van der Waals surface area (Å²) in [7, 11) is -3.29. The molecule has 0 N–H and O–H groups in total. The molecule has 2 unspecified atom stereocenters. The molecule has 0 aromatic heterocycles. The Labute approximate surface area is 80.0 Å². The molecule has 1 heterocycles. The van der Waals surface area contributed by atoms with Crippen molar-refractivity contribution in [2.75, 3.05) is 12.8 Å². The van der Waals surface area contributed by atoms with E-state index in [-0.39, 0.29) is 12.1 Å². The minimum Gasteiger partial charge on any atom is -0.293 e. The van der Waals surface area contributed by atoms with Gasteiger partial charge in [0.05, 0.1) is 6.26 Å². The van der Waals surface area contributed by atoms with Gasteiger partial charge >= 0.3 is 0 Å². The number of hydrogen-bond donors (Lipinski definition) is 0. The van der Waals surface area contributed by atoms with Crippen LogP contribution in [0.3, 0.4) is 0 Å². The van der Waals surface area contributed by atoms with Crippen LogP contribution >= 0.6 is 0 Å². The lowest BCUT2D eigenvalue weighted by Crippen LogP contribution is -2.62. The molecule has 0 aromatic rings. The standard InChI is InChI=1S/C8H17NO3S/c1-6(2)9-5-8(7(9)3)12-13(4,10)11/h6-8H,5H2,1-4H3. The topological polar surface area (TPSA) is 46.6 Å². The zero-order chi connectivity index (χ0) is 10.2. The smallest absolute Gasteiger partial charge is 0.264 e. The number of nitrogens with zero attached hydrogens (tertiary/aromatic N) is 1. The van der Waals surface area contributed by atoms with Gasteiger partial charge in [-0.15, -0.1) is 0 Å². The first-order chi connectivity index (χ1) is 5.81. The van der Waals surface area contributed by atoms with Crippen molar-refractivity contribution in [2.45, 2.75) is 39.0 Å². The molecule has 78 valence electrons. The Morgan fingerprint density at radius 3 is 2.31 bits per heavy atom.